The van der Waals surface area contributed by atoms with Crippen LogP contribution in [0, 0.1) is 6.92 Å². The number of rotatable bonds is 4. The van der Waals surface area contributed by atoms with E-state index in [1.165, 1.54) is 21.2 Å². The summed E-state index contributed by atoms with van der Waals surface area (Å²) in [5.41, 5.74) is 11.3. The lowest BCUT2D eigenvalue weighted by molar-refractivity contribution is 0.322. The first-order valence-corrected chi connectivity index (χ1v) is 7.86. The minimum Gasteiger partial charge on any atom is -0.398 e. The summed E-state index contributed by atoms with van der Waals surface area (Å²) in [5, 5.41) is 2.43. The van der Waals surface area contributed by atoms with Gasteiger partial charge in [0.2, 0.25) is 0 Å². The summed E-state index contributed by atoms with van der Waals surface area (Å²) < 4.78 is 0. The zero-order chi connectivity index (χ0) is 14.8. The Morgan fingerprint density at radius 3 is 2.52 bits per heavy atom. The summed E-state index contributed by atoms with van der Waals surface area (Å²) >= 11 is 1.71. The minimum atomic E-state index is 0.841. The van der Waals surface area contributed by atoms with E-state index in [1.54, 1.807) is 11.3 Å². The van der Waals surface area contributed by atoms with E-state index >= 15 is 0 Å². The van der Waals surface area contributed by atoms with Crippen molar-refractivity contribution in [1.29, 1.82) is 0 Å². The van der Waals surface area contributed by atoms with Gasteiger partial charge in [0.25, 0.3) is 0 Å². The van der Waals surface area contributed by atoms with Gasteiger partial charge in [0.1, 0.15) is 0 Å². The van der Waals surface area contributed by atoms with Crippen LogP contribution < -0.4 is 5.73 Å². The van der Waals surface area contributed by atoms with Crippen LogP contribution in [-0.2, 0) is 13.1 Å². The first-order valence-electron chi connectivity index (χ1n) is 6.98. The number of nitrogens with two attached hydrogens (primary N) is 1. The molecule has 21 heavy (non-hydrogen) atoms. The third-order valence-electron chi connectivity index (χ3n) is 3.71. The molecule has 0 saturated heterocycles. The molecule has 2 aromatic carbocycles. The van der Waals surface area contributed by atoms with E-state index in [1.807, 2.05) is 11.6 Å². The summed E-state index contributed by atoms with van der Waals surface area (Å²) in [7, 11) is 2.12. The Bertz CT molecular complexity index is 764. The van der Waals surface area contributed by atoms with Crippen LogP contribution in [0.25, 0.3) is 10.8 Å². The SMILES string of the molecule is Cc1ncsc1CN(C)Cc1cc2ccccc2cc1N. The number of benzene rings is 2. The first kappa shape index (κ1) is 14.0. The summed E-state index contributed by atoms with van der Waals surface area (Å²) in [6.07, 6.45) is 0. The average molecular weight is 297 g/mol. The van der Waals surface area contributed by atoms with Gasteiger partial charge < -0.3 is 5.73 Å². The van der Waals surface area contributed by atoms with Crippen LogP contribution in [0.4, 0.5) is 5.69 Å². The summed E-state index contributed by atoms with van der Waals surface area (Å²) in [5.74, 6) is 0. The standard InChI is InChI=1S/C17H19N3S/c1-12-17(21-11-19-12)10-20(2)9-15-7-13-5-3-4-6-14(13)8-16(15)18/h3-8,11H,9-10,18H2,1-2H3. The Hall–Kier alpha value is -1.91. The largest absolute Gasteiger partial charge is 0.398 e. The van der Waals surface area contributed by atoms with Gasteiger partial charge >= 0.3 is 0 Å². The van der Waals surface area contributed by atoms with Gasteiger partial charge in [0.05, 0.1) is 11.2 Å². The second-order valence-corrected chi connectivity index (χ2v) is 6.37. The quantitative estimate of drug-likeness (QED) is 0.744. The molecule has 0 aliphatic heterocycles. The van der Waals surface area contributed by atoms with Crippen molar-refractivity contribution in [3.63, 3.8) is 0 Å². The minimum absolute atomic E-state index is 0.841. The molecule has 0 bridgehead atoms. The highest BCUT2D eigenvalue weighted by Gasteiger charge is 2.09. The molecule has 3 aromatic rings. The topological polar surface area (TPSA) is 42.2 Å². The van der Waals surface area contributed by atoms with Gasteiger partial charge in [-0.15, -0.1) is 11.3 Å². The molecule has 0 aliphatic carbocycles. The molecule has 4 heteroatoms. The average Bonchev–Trinajstić information content (AvgIpc) is 2.85. The van der Waals surface area contributed by atoms with E-state index in [0.29, 0.717) is 0 Å². The molecule has 3 nitrogen and oxygen atoms in total. The maximum absolute atomic E-state index is 6.20. The fourth-order valence-corrected chi connectivity index (χ4v) is 3.37. The molecule has 3 rings (SSSR count). The third kappa shape index (κ3) is 3.06. The van der Waals surface area contributed by atoms with Crippen molar-refractivity contribution in [2.45, 2.75) is 20.0 Å². The summed E-state index contributed by atoms with van der Waals surface area (Å²) in [6, 6.07) is 12.6. The number of anilines is 1. The van der Waals surface area contributed by atoms with E-state index in [2.05, 4.69) is 54.2 Å². The number of thiazole rings is 1. The zero-order valence-corrected chi connectivity index (χ0v) is 13.2. The molecule has 108 valence electrons. The normalized spacial score (nSPS) is 11.4. The number of nitrogens with zero attached hydrogens (tertiary/aromatic N) is 2. The third-order valence-corrected chi connectivity index (χ3v) is 4.63. The van der Waals surface area contributed by atoms with Crippen molar-refractivity contribution < 1.29 is 0 Å². The predicted octanol–water partition coefficient (Wildman–Crippen LogP) is 3.82. The highest BCUT2D eigenvalue weighted by atomic mass is 32.1. The lowest BCUT2D eigenvalue weighted by Crippen LogP contribution is -2.18. The molecule has 1 aromatic heterocycles. The number of aryl methyl sites for hydroxylation is 1. The second-order valence-electron chi connectivity index (χ2n) is 5.43. The first-order chi connectivity index (χ1) is 10.1. The monoisotopic (exact) mass is 297 g/mol. The van der Waals surface area contributed by atoms with Crippen LogP contribution in [0.2, 0.25) is 0 Å². The maximum Gasteiger partial charge on any atom is 0.0798 e. The molecule has 0 saturated carbocycles. The van der Waals surface area contributed by atoms with Crippen LogP contribution in [0.5, 0.6) is 0 Å². The van der Waals surface area contributed by atoms with Gasteiger partial charge in [-0.1, -0.05) is 24.3 Å². The predicted molar refractivity (Wildman–Crippen MR) is 90.4 cm³/mol. The molecule has 0 atom stereocenters. The molecular formula is C17H19N3S. The van der Waals surface area contributed by atoms with E-state index < -0.39 is 0 Å². The Morgan fingerprint density at radius 1 is 1.14 bits per heavy atom. The fraction of sp³-hybridized carbons (Fsp3) is 0.235. The van der Waals surface area contributed by atoms with E-state index in [4.69, 9.17) is 5.73 Å². The van der Waals surface area contributed by atoms with Crippen molar-refractivity contribution in [2.24, 2.45) is 0 Å². The molecule has 0 fully saturated rings. The maximum atomic E-state index is 6.20. The molecule has 0 aliphatic rings. The van der Waals surface area contributed by atoms with Crippen LogP contribution in [-0.4, -0.2) is 16.9 Å². The van der Waals surface area contributed by atoms with E-state index in [0.717, 1.165) is 24.5 Å². The zero-order valence-electron chi connectivity index (χ0n) is 12.3. The van der Waals surface area contributed by atoms with E-state index in [-0.39, 0.29) is 0 Å². The molecule has 0 unspecified atom stereocenters. The van der Waals surface area contributed by atoms with Gasteiger partial charge in [-0.05, 0) is 42.4 Å². The lowest BCUT2D eigenvalue weighted by Gasteiger charge is -2.18. The van der Waals surface area contributed by atoms with Crippen molar-refractivity contribution in [3.8, 4) is 0 Å². The van der Waals surface area contributed by atoms with Gasteiger partial charge in [-0.3, -0.25) is 4.90 Å². The van der Waals surface area contributed by atoms with Crippen LogP contribution in [0.15, 0.2) is 41.9 Å². The number of nitrogen functional groups attached to an aromatic ring is 1. The van der Waals surface area contributed by atoms with Gasteiger partial charge in [-0.2, -0.15) is 0 Å². The van der Waals surface area contributed by atoms with Crippen LogP contribution in [0.1, 0.15) is 16.1 Å². The lowest BCUT2D eigenvalue weighted by atomic mass is 10.0. The van der Waals surface area contributed by atoms with E-state index in [9.17, 15) is 0 Å². The van der Waals surface area contributed by atoms with Gasteiger partial charge in [0.15, 0.2) is 0 Å². The summed E-state index contributed by atoms with van der Waals surface area (Å²) in [4.78, 5) is 7.90. The smallest absolute Gasteiger partial charge is 0.0798 e. The number of fused-ring (bicyclic) bond motifs is 1. The number of hydrogen-bond acceptors (Lipinski definition) is 4. The highest BCUT2D eigenvalue weighted by Crippen LogP contribution is 2.24. The number of aromatic nitrogens is 1. The van der Waals surface area contributed by atoms with Gasteiger partial charge in [0, 0.05) is 23.7 Å². The number of hydrogen-bond donors (Lipinski definition) is 1. The highest BCUT2D eigenvalue weighted by molar-refractivity contribution is 7.09. The van der Waals surface area contributed by atoms with Gasteiger partial charge in [-0.25, -0.2) is 4.98 Å². The fourth-order valence-electron chi connectivity index (χ4n) is 2.51. The summed E-state index contributed by atoms with van der Waals surface area (Å²) in [6.45, 7) is 3.81. The Labute approximate surface area is 129 Å². The molecule has 1 heterocycles. The molecule has 0 amide bonds. The second kappa shape index (κ2) is 5.84. The molecular weight excluding hydrogens is 278 g/mol. The van der Waals surface area contributed by atoms with Crippen LogP contribution in [0.3, 0.4) is 0 Å². The Balaban J connectivity index is 1.81. The molecule has 2 N–H and O–H groups in total. The van der Waals surface area contributed by atoms with Crippen LogP contribution >= 0.6 is 11.3 Å². The van der Waals surface area contributed by atoms with Crippen molar-refractivity contribution in [3.05, 3.63) is 58.0 Å². The molecule has 0 spiro atoms. The van der Waals surface area contributed by atoms with Crippen molar-refractivity contribution >= 4 is 27.8 Å². The Morgan fingerprint density at radius 2 is 1.86 bits per heavy atom. The van der Waals surface area contributed by atoms with Crippen molar-refractivity contribution in [2.75, 3.05) is 12.8 Å². The Kier molecular flexibility index (Phi) is 3.90. The molecule has 0 radical (unpaired) electrons. The van der Waals surface area contributed by atoms with Crippen molar-refractivity contribution in [1.82, 2.24) is 9.88 Å².